The minimum atomic E-state index is -0.424. The molecule has 3 rings (SSSR count). The molecule has 1 atom stereocenters. The Hall–Kier alpha value is -3.15. The van der Waals surface area contributed by atoms with Crippen LogP contribution in [0.3, 0.4) is 0 Å². The first-order valence-electron chi connectivity index (χ1n) is 7.45. The minimum absolute atomic E-state index is 0.242. The summed E-state index contributed by atoms with van der Waals surface area (Å²) in [6.07, 6.45) is 0.171. The van der Waals surface area contributed by atoms with E-state index in [9.17, 15) is 9.59 Å². The van der Waals surface area contributed by atoms with Crippen LogP contribution in [0.2, 0.25) is 0 Å². The van der Waals surface area contributed by atoms with Crippen LogP contribution in [0, 0.1) is 0 Å². The zero-order chi connectivity index (χ0) is 16.9. The van der Waals surface area contributed by atoms with Crippen LogP contribution in [0.25, 0.3) is 0 Å². The first kappa shape index (κ1) is 15.7. The SMILES string of the molecule is COC(=O)c1ccc(NC(=O)C2=NO[C@H](c3ccccc3)C2)cc1. The van der Waals surface area contributed by atoms with Gasteiger partial charge in [0.1, 0.15) is 5.71 Å². The molecule has 24 heavy (non-hydrogen) atoms. The number of methoxy groups -OCH3 is 1. The van der Waals surface area contributed by atoms with E-state index in [1.807, 2.05) is 30.3 Å². The van der Waals surface area contributed by atoms with E-state index in [0.29, 0.717) is 23.4 Å². The summed E-state index contributed by atoms with van der Waals surface area (Å²) < 4.78 is 4.63. The average molecular weight is 324 g/mol. The molecule has 2 aromatic rings. The summed E-state index contributed by atoms with van der Waals surface area (Å²) in [6.45, 7) is 0. The van der Waals surface area contributed by atoms with Crippen LogP contribution in [-0.2, 0) is 14.4 Å². The quantitative estimate of drug-likeness (QED) is 0.877. The fourth-order valence-electron chi connectivity index (χ4n) is 2.37. The molecule has 0 saturated heterocycles. The Morgan fingerprint density at radius 3 is 2.50 bits per heavy atom. The van der Waals surface area contributed by atoms with Gasteiger partial charge in [0, 0.05) is 12.1 Å². The smallest absolute Gasteiger partial charge is 0.337 e. The Kier molecular flexibility index (Phi) is 4.56. The second-order valence-corrected chi connectivity index (χ2v) is 5.27. The molecule has 1 aliphatic heterocycles. The van der Waals surface area contributed by atoms with E-state index in [1.165, 1.54) is 7.11 Å². The first-order chi connectivity index (χ1) is 11.7. The number of hydrogen-bond donors (Lipinski definition) is 1. The maximum Gasteiger partial charge on any atom is 0.337 e. The number of rotatable bonds is 4. The number of esters is 1. The third-order valence-corrected chi connectivity index (χ3v) is 3.67. The van der Waals surface area contributed by atoms with Gasteiger partial charge in [0.2, 0.25) is 0 Å². The number of amides is 1. The van der Waals surface area contributed by atoms with Crippen LogP contribution in [0.15, 0.2) is 59.8 Å². The van der Waals surface area contributed by atoms with Crippen molar-refractivity contribution in [3.8, 4) is 0 Å². The molecule has 0 aliphatic carbocycles. The fourth-order valence-corrected chi connectivity index (χ4v) is 2.37. The molecular formula is C18H16N2O4. The highest BCUT2D eigenvalue weighted by molar-refractivity contribution is 6.43. The van der Waals surface area contributed by atoms with E-state index in [2.05, 4.69) is 15.2 Å². The molecule has 2 aromatic carbocycles. The third kappa shape index (κ3) is 3.43. The van der Waals surface area contributed by atoms with Crippen molar-refractivity contribution in [3.63, 3.8) is 0 Å². The van der Waals surface area contributed by atoms with E-state index in [1.54, 1.807) is 24.3 Å². The number of carbonyl (C=O) groups excluding carboxylic acids is 2. The summed E-state index contributed by atoms with van der Waals surface area (Å²) in [7, 11) is 1.32. The standard InChI is InChI=1S/C18H16N2O4/c1-23-18(22)13-7-9-14(10-8-13)19-17(21)15-11-16(24-20-15)12-5-3-2-4-6-12/h2-10,16H,11H2,1H3,(H,19,21)/t16-/m0/s1. The summed E-state index contributed by atoms with van der Waals surface area (Å²) >= 11 is 0. The highest BCUT2D eigenvalue weighted by atomic mass is 16.6. The number of carbonyl (C=O) groups is 2. The Balaban J connectivity index is 1.61. The van der Waals surface area contributed by atoms with Gasteiger partial charge in [-0.1, -0.05) is 35.5 Å². The Labute approximate surface area is 139 Å². The van der Waals surface area contributed by atoms with Gasteiger partial charge < -0.3 is 14.9 Å². The van der Waals surface area contributed by atoms with Gasteiger partial charge in [-0.15, -0.1) is 0 Å². The van der Waals surface area contributed by atoms with Gasteiger partial charge in [0.25, 0.3) is 5.91 Å². The first-order valence-corrected chi connectivity index (χ1v) is 7.45. The Bertz CT molecular complexity index is 769. The molecule has 0 unspecified atom stereocenters. The Morgan fingerprint density at radius 2 is 1.83 bits per heavy atom. The van der Waals surface area contributed by atoms with Crippen molar-refractivity contribution in [3.05, 3.63) is 65.7 Å². The molecule has 1 amide bonds. The topological polar surface area (TPSA) is 77.0 Å². The summed E-state index contributed by atoms with van der Waals surface area (Å²) in [5.41, 5.74) is 2.30. The zero-order valence-corrected chi connectivity index (χ0v) is 13.1. The van der Waals surface area contributed by atoms with Crippen LogP contribution in [0.4, 0.5) is 5.69 Å². The second-order valence-electron chi connectivity index (χ2n) is 5.27. The molecule has 1 heterocycles. The summed E-state index contributed by atoms with van der Waals surface area (Å²) in [6, 6.07) is 16.1. The van der Waals surface area contributed by atoms with E-state index in [0.717, 1.165) is 5.56 Å². The number of anilines is 1. The van der Waals surface area contributed by atoms with Crippen LogP contribution in [-0.4, -0.2) is 24.7 Å². The van der Waals surface area contributed by atoms with Crippen molar-refractivity contribution >= 4 is 23.3 Å². The lowest BCUT2D eigenvalue weighted by molar-refractivity contribution is -0.110. The molecule has 1 N–H and O–H groups in total. The van der Waals surface area contributed by atoms with Crippen molar-refractivity contribution < 1.29 is 19.2 Å². The van der Waals surface area contributed by atoms with E-state index in [-0.39, 0.29) is 12.0 Å². The molecule has 6 heteroatoms. The third-order valence-electron chi connectivity index (χ3n) is 3.67. The van der Waals surface area contributed by atoms with Gasteiger partial charge in [-0.05, 0) is 29.8 Å². The molecule has 122 valence electrons. The maximum absolute atomic E-state index is 12.3. The normalized spacial score (nSPS) is 16.0. The number of ether oxygens (including phenoxy) is 1. The number of nitrogens with one attached hydrogen (secondary N) is 1. The van der Waals surface area contributed by atoms with Gasteiger partial charge in [0.15, 0.2) is 6.10 Å². The minimum Gasteiger partial charge on any atom is -0.465 e. The summed E-state index contributed by atoms with van der Waals surface area (Å²) in [5, 5.41) is 6.62. The van der Waals surface area contributed by atoms with E-state index >= 15 is 0 Å². The fraction of sp³-hybridized carbons (Fsp3) is 0.167. The molecular weight excluding hydrogens is 308 g/mol. The summed E-state index contributed by atoms with van der Waals surface area (Å²) in [5.74, 6) is -0.744. The van der Waals surface area contributed by atoms with Crippen molar-refractivity contribution in [2.45, 2.75) is 12.5 Å². The highest BCUT2D eigenvalue weighted by Crippen LogP contribution is 2.27. The van der Waals surface area contributed by atoms with E-state index < -0.39 is 5.97 Å². The predicted octanol–water partition coefficient (Wildman–Crippen LogP) is 2.93. The lowest BCUT2D eigenvalue weighted by Gasteiger charge is -2.07. The lowest BCUT2D eigenvalue weighted by Crippen LogP contribution is -2.21. The predicted molar refractivity (Wildman–Crippen MR) is 88.7 cm³/mol. The molecule has 0 fully saturated rings. The van der Waals surface area contributed by atoms with E-state index in [4.69, 9.17) is 4.84 Å². The van der Waals surface area contributed by atoms with Gasteiger partial charge in [-0.2, -0.15) is 0 Å². The monoisotopic (exact) mass is 324 g/mol. The largest absolute Gasteiger partial charge is 0.465 e. The molecule has 0 bridgehead atoms. The van der Waals surface area contributed by atoms with Crippen molar-refractivity contribution in [2.75, 3.05) is 12.4 Å². The second kappa shape index (κ2) is 6.95. The lowest BCUT2D eigenvalue weighted by atomic mass is 10.0. The molecule has 0 spiro atoms. The number of oxime groups is 1. The van der Waals surface area contributed by atoms with Crippen LogP contribution < -0.4 is 5.32 Å². The molecule has 0 aromatic heterocycles. The van der Waals surface area contributed by atoms with Crippen molar-refractivity contribution in [1.29, 1.82) is 0 Å². The van der Waals surface area contributed by atoms with Gasteiger partial charge >= 0.3 is 5.97 Å². The average Bonchev–Trinajstić information content (AvgIpc) is 3.13. The molecule has 1 aliphatic rings. The van der Waals surface area contributed by atoms with Gasteiger partial charge in [0.05, 0.1) is 12.7 Å². The number of benzene rings is 2. The number of hydrogen-bond acceptors (Lipinski definition) is 5. The van der Waals surface area contributed by atoms with Crippen LogP contribution in [0.5, 0.6) is 0 Å². The molecule has 0 saturated carbocycles. The van der Waals surface area contributed by atoms with Crippen LogP contribution >= 0.6 is 0 Å². The van der Waals surface area contributed by atoms with Gasteiger partial charge in [-0.3, -0.25) is 4.79 Å². The van der Waals surface area contributed by atoms with Crippen molar-refractivity contribution in [1.82, 2.24) is 0 Å². The van der Waals surface area contributed by atoms with Crippen LogP contribution in [0.1, 0.15) is 28.4 Å². The molecule has 0 radical (unpaired) electrons. The van der Waals surface area contributed by atoms with Crippen molar-refractivity contribution in [2.24, 2.45) is 5.16 Å². The van der Waals surface area contributed by atoms with Gasteiger partial charge in [-0.25, -0.2) is 4.79 Å². The zero-order valence-electron chi connectivity index (χ0n) is 13.1. The Morgan fingerprint density at radius 1 is 1.12 bits per heavy atom. The molecule has 6 nitrogen and oxygen atoms in total. The number of nitrogens with zero attached hydrogens (tertiary/aromatic N) is 1. The maximum atomic E-state index is 12.3. The highest BCUT2D eigenvalue weighted by Gasteiger charge is 2.27. The summed E-state index contributed by atoms with van der Waals surface area (Å²) in [4.78, 5) is 29.0.